The number of para-hydroxylation sites is 2. The number of carbonyl (C=O) groups excluding carboxylic acids is 1. The third-order valence-corrected chi connectivity index (χ3v) is 4.73. The Morgan fingerprint density at radius 2 is 1.83 bits per heavy atom. The van der Waals surface area contributed by atoms with Crippen molar-refractivity contribution < 1.29 is 36.1 Å². The summed E-state index contributed by atoms with van der Waals surface area (Å²) in [6, 6.07) is 8.75. The molecule has 0 heterocycles. The molecule has 0 saturated carbocycles. The van der Waals surface area contributed by atoms with Crippen LogP contribution in [0.1, 0.15) is 5.56 Å². The summed E-state index contributed by atoms with van der Waals surface area (Å²) in [5, 5.41) is 16.5. The Kier molecular flexibility index (Phi) is 6.64. The highest BCUT2D eigenvalue weighted by Gasteiger charge is 2.31. The van der Waals surface area contributed by atoms with E-state index in [2.05, 4.69) is 20.2 Å². The molecule has 2 aromatic rings. The molecule has 0 atom stereocenters. The van der Waals surface area contributed by atoms with E-state index >= 15 is 0 Å². The standard InChI is InChI=1S/C16H15F3N4O5S/c1-28-22-23(25)10-15(24)20-13-7-2-3-8-14(13)21-29(26,27)12-6-4-5-11(9-12)16(17,18)19/h2-9,21H,10H2,1H3,(H,20,24)/b23-22+. The van der Waals surface area contributed by atoms with Gasteiger partial charge in [-0.25, -0.2) is 8.42 Å². The molecule has 0 bridgehead atoms. The fourth-order valence-corrected chi connectivity index (χ4v) is 3.28. The number of rotatable bonds is 7. The van der Waals surface area contributed by atoms with Gasteiger partial charge in [0.1, 0.15) is 7.11 Å². The van der Waals surface area contributed by atoms with Gasteiger partial charge in [0.25, 0.3) is 22.5 Å². The molecule has 0 aliphatic heterocycles. The quantitative estimate of drug-likeness (QED) is 0.396. The molecule has 0 saturated heterocycles. The fraction of sp³-hybridized carbons (Fsp3) is 0.188. The number of amides is 1. The van der Waals surface area contributed by atoms with Gasteiger partial charge in [-0.1, -0.05) is 18.2 Å². The van der Waals surface area contributed by atoms with Gasteiger partial charge in [0.05, 0.1) is 21.8 Å². The van der Waals surface area contributed by atoms with Crippen LogP contribution in [-0.2, 0) is 25.8 Å². The smallest absolute Gasteiger partial charge is 0.416 e. The van der Waals surface area contributed by atoms with E-state index in [9.17, 15) is 31.6 Å². The molecular formula is C16H15F3N4O5S. The number of halogens is 3. The molecule has 156 valence electrons. The third-order valence-electron chi connectivity index (χ3n) is 3.37. The first-order valence-corrected chi connectivity index (χ1v) is 9.29. The maximum atomic E-state index is 12.8. The topological polar surface area (TPSA) is 123 Å². The van der Waals surface area contributed by atoms with Crippen LogP contribution in [0.2, 0.25) is 0 Å². The highest BCUT2D eigenvalue weighted by molar-refractivity contribution is 7.92. The number of hydroxylamine groups is 1. The molecule has 29 heavy (non-hydrogen) atoms. The average molecular weight is 432 g/mol. The zero-order valence-electron chi connectivity index (χ0n) is 14.8. The second-order valence-corrected chi connectivity index (χ2v) is 7.18. The van der Waals surface area contributed by atoms with Crippen molar-refractivity contribution in [1.29, 1.82) is 0 Å². The highest BCUT2D eigenvalue weighted by atomic mass is 32.2. The van der Waals surface area contributed by atoms with Crippen LogP contribution in [-0.4, -0.2) is 32.8 Å². The van der Waals surface area contributed by atoms with E-state index in [0.717, 1.165) is 25.3 Å². The number of sulfonamides is 1. The Hall–Kier alpha value is -3.35. The number of carbonyl (C=O) groups is 1. The zero-order chi connectivity index (χ0) is 21.7. The molecule has 0 aliphatic carbocycles. The Morgan fingerprint density at radius 3 is 2.45 bits per heavy atom. The van der Waals surface area contributed by atoms with E-state index in [1.165, 1.54) is 24.3 Å². The summed E-state index contributed by atoms with van der Waals surface area (Å²) in [6.07, 6.45) is -4.71. The van der Waals surface area contributed by atoms with Gasteiger partial charge < -0.3 is 15.4 Å². The lowest BCUT2D eigenvalue weighted by atomic mass is 10.2. The molecular weight excluding hydrogens is 417 g/mol. The van der Waals surface area contributed by atoms with Crippen LogP contribution in [0.5, 0.6) is 0 Å². The summed E-state index contributed by atoms with van der Waals surface area (Å²) in [6.45, 7) is -0.734. The van der Waals surface area contributed by atoms with Crippen molar-refractivity contribution >= 4 is 27.3 Å². The molecule has 13 heteroatoms. The number of hydrogen-bond acceptors (Lipinski definition) is 6. The van der Waals surface area contributed by atoms with Crippen molar-refractivity contribution in [3.63, 3.8) is 0 Å². The lowest BCUT2D eigenvalue weighted by Gasteiger charge is -2.14. The molecule has 0 unspecified atom stereocenters. The van der Waals surface area contributed by atoms with Crippen molar-refractivity contribution in [2.24, 2.45) is 5.28 Å². The number of alkyl halides is 3. The molecule has 0 spiro atoms. The number of nitrogens with one attached hydrogen (secondary N) is 2. The van der Waals surface area contributed by atoms with Crippen molar-refractivity contribution in [3.05, 3.63) is 59.3 Å². The molecule has 9 nitrogen and oxygen atoms in total. The lowest BCUT2D eigenvalue weighted by Crippen LogP contribution is -2.23. The van der Waals surface area contributed by atoms with Gasteiger partial charge >= 0.3 is 6.18 Å². The summed E-state index contributed by atoms with van der Waals surface area (Å²) in [4.78, 5) is 15.4. The number of anilines is 2. The van der Waals surface area contributed by atoms with Gasteiger partial charge in [-0.2, -0.15) is 13.2 Å². The van der Waals surface area contributed by atoms with Gasteiger partial charge in [-0.3, -0.25) is 9.52 Å². The van der Waals surface area contributed by atoms with Crippen LogP contribution in [0, 0.1) is 5.21 Å². The van der Waals surface area contributed by atoms with Crippen LogP contribution in [0.15, 0.2) is 58.7 Å². The van der Waals surface area contributed by atoms with Crippen LogP contribution in [0.25, 0.3) is 0 Å². The van der Waals surface area contributed by atoms with Gasteiger partial charge in [0, 0.05) is 0 Å². The molecule has 2 N–H and O–H groups in total. The highest BCUT2D eigenvalue weighted by Crippen LogP contribution is 2.31. The largest absolute Gasteiger partial charge is 0.597 e. The summed E-state index contributed by atoms with van der Waals surface area (Å²) in [7, 11) is -3.29. The Labute approximate surface area is 163 Å². The minimum absolute atomic E-state index is 0.0149. The van der Waals surface area contributed by atoms with E-state index in [4.69, 9.17) is 0 Å². The van der Waals surface area contributed by atoms with Crippen molar-refractivity contribution in [2.75, 3.05) is 23.7 Å². The van der Waals surface area contributed by atoms with E-state index in [-0.39, 0.29) is 16.2 Å². The first kappa shape index (κ1) is 21.9. The summed E-state index contributed by atoms with van der Waals surface area (Å²) in [5.41, 5.74) is -1.25. The van der Waals surface area contributed by atoms with Gasteiger partial charge in [-0.15, -0.1) is 0 Å². The van der Waals surface area contributed by atoms with Crippen molar-refractivity contribution in [1.82, 2.24) is 0 Å². The predicted molar refractivity (Wildman–Crippen MR) is 95.3 cm³/mol. The number of nitrogens with zero attached hydrogens (tertiary/aromatic N) is 2. The van der Waals surface area contributed by atoms with Crippen molar-refractivity contribution in [2.45, 2.75) is 11.1 Å². The van der Waals surface area contributed by atoms with Crippen molar-refractivity contribution in [3.8, 4) is 0 Å². The Balaban J connectivity index is 2.26. The predicted octanol–water partition coefficient (Wildman–Crippen LogP) is 2.97. The molecule has 1 amide bonds. The molecule has 0 aliphatic rings. The molecule has 2 aromatic carbocycles. The first-order chi connectivity index (χ1) is 13.5. The average Bonchev–Trinajstić information content (AvgIpc) is 2.62. The summed E-state index contributed by atoms with van der Waals surface area (Å²) < 4.78 is 65.6. The SMILES string of the molecule is CO/N=[N+](/[O-])CC(=O)Nc1ccccc1NS(=O)(=O)c1cccc(C(F)(F)F)c1. The van der Waals surface area contributed by atoms with Gasteiger partial charge in [0.2, 0.25) is 0 Å². The monoisotopic (exact) mass is 432 g/mol. The molecule has 2 rings (SSSR count). The minimum atomic E-state index is -4.71. The zero-order valence-corrected chi connectivity index (χ0v) is 15.6. The molecule has 0 aromatic heterocycles. The number of hydrogen-bond donors (Lipinski definition) is 2. The second-order valence-electron chi connectivity index (χ2n) is 5.50. The Bertz CT molecular complexity index is 1030. The van der Waals surface area contributed by atoms with Gasteiger partial charge in [0.15, 0.2) is 5.28 Å². The van der Waals surface area contributed by atoms with E-state index in [1.807, 2.05) is 0 Å². The second kappa shape index (κ2) is 8.77. The van der Waals surface area contributed by atoms with Crippen LogP contribution >= 0.6 is 0 Å². The Morgan fingerprint density at radius 1 is 1.17 bits per heavy atom. The van der Waals surface area contributed by atoms with Gasteiger partial charge in [-0.05, 0) is 35.2 Å². The van der Waals surface area contributed by atoms with Crippen LogP contribution < -0.4 is 10.0 Å². The fourth-order valence-electron chi connectivity index (χ4n) is 2.16. The van der Waals surface area contributed by atoms with Crippen LogP contribution in [0.3, 0.4) is 0 Å². The van der Waals surface area contributed by atoms with Crippen LogP contribution in [0.4, 0.5) is 24.5 Å². The number of benzene rings is 2. The normalized spacial score (nSPS) is 12.3. The van der Waals surface area contributed by atoms with E-state index in [1.54, 1.807) is 0 Å². The lowest BCUT2D eigenvalue weighted by molar-refractivity contribution is -0.546. The maximum Gasteiger partial charge on any atom is 0.416 e. The maximum absolute atomic E-state index is 12.8. The molecule has 0 fully saturated rings. The minimum Gasteiger partial charge on any atom is -0.597 e. The summed E-state index contributed by atoms with van der Waals surface area (Å²) >= 11 is 0. The molecule has 0 radical (unpaired) electrons. The summed E-state index contributed by atoms with van der Waals surface area (Å²) in [5.74, 6) is -0.827. The van der Waals surface area contributed by atoms with E-state index in [0.29, 0.717) is 6.07 Å². The third kappa shape index (κ3) is 6.07. The van der Waals surface area contributed by atoms with E-state index < -0.39 is 39.1 Å². The first-order valence-electron chi connectivity index (χ1n) is 7.80.